The van der Waals surface area contributed by atoms with Crippen molar-refractivity contribution in [3.05, 3.63) is 101 Å². The molecule has 0 atom stereocenters. The van der Waals surface area contributed by atoms with Crippen LogP contribution in [0.1, 0.15) is 15.9 Å². The van der Waals surface area contributed by atoms with E-state index in [9.17, 15) is 14.4 Å². The molecule has 180 valence electrons. The lowest BCUT2D eigenvalue weighted by molar-refractivity contribution is -0.138. The van der Waals surface area contributed by atoms with Crippen molar-refractivity contribution < 1.29 is 33.3 Å². The lowest BCUT2D eigenvalue weighted by atomic mass is 10.2. The molecule has 3 aromatic rings. The molecule has 0 aromatic heterocycles. The average Bonchev–Trinajstić information content (AvgIpc) is 2.88. The van der Waals surface area contributed by atoms with Crippen LogP contribution in [0.5, 0.6) is 11.5 Å². The number of methoxy groups -OCH3 is 2. The molecule has 0 fully saturated rings. The maximum absolute atomic E-state index is 12.7. The first-order valence-corrected chi connectivity index (χ1v) is 10.7. The Hall–Kier alpha value is -4.30. The van der Waals surface area contributed by atoms with Crippen molar-refractivity contribution in [1.29, 1.82) is 0 Å². The van der Waals surface area contributed by atoms with Crippen molar-refractivity contribution in [3.63, 3.8) is 0 Å². The van der Waals surface area contributed by atoms with Crippen LogP contribution in [0.4, 0.5) is 5.69 Å². The molecule has 9 heteroatoms. The number of esters is 3. The molecule has 3 rings (SSSR count). The van der Waals surface area contributed by atoms with Gasteiger partial charge in [0, 0.05) is 11.1 Å². The van der Waals surface area contributed by atoms with Gasteiger partial charge in [0.05, 0.1) is 31.5 Å². The van der Waals surface area contributed by atoms with Gasteiger partial charge in [0.2, 0.25) is 0 Å². The van der Waals surface area contributed by atoms with Crippen molar-refractivity contribution in [3.8, 4) is 11.5 Å². The van der Waals surface area contributed by atoms with E-state index in [-0.39, 0.29) is 34.5 Å². The fraction of sp³-hybridized carbons (Fsp3) is 0.115. The first-order chi connectivity index (χ1) is 16.9. The molecule has 0 saturated carbocycles. The SMILES string of the molecule is COC(=O)/C=C(/Nc1cc(Cl)cc(OC(=O)c2ccccc2)c1OCc1ccccc1)C(=O)OC. The molecule has 0 aliphatic heterocycles. The number of carbonyl (C=O) groups is 3. The average molecular weight is 496 g/mol. The predicted octanol–water partition coefficient (Wildman–Crippen LogP) is 4.78. The minimum atomic E-state index is -0.841. The summed E-state index contributed by atoms with van der Waals surface area (Å²) in [6.07, 6.45) is 0.920. The van der Waals surface area contributed by atoms with Crippen LogP contribution in [-0.4, -0.2) is 32.1 Å². The zero-order valence-corrected chi connectivity index (χ0v) is 19.7. The number of ether oxygens (including phenoxy) is 4. The van der Waals surface area contributed by atoms with E-state index in [4.69, 9.17) is 25.8 Å². The van der Waals surface area contributed by atoms with E-state index in [1.807, 2.05) is 30.3 Å². The topological polar surface area (TPSA) is 100 Å². The molecular formula is C26H22ClNO7. The summed E-state index contributed by atoms with van der Waals surface area (Å²) >= 11 is 6.28. The summed E-state index contributed by atoms with van der Waals surface area (Å²) in [6.45, 7) is 0.112. The fourth-order valence-corrected chi connectivity index (χ4v) is 3.13. The summed E-state index contributed by atoms with van der Waals surface area (Å²) in [5.74, 6) is -2.18. The van der Waals surface area contributed by atoms with E-state index >= 15 is 0 Å². The highest BCUT2D eigenvalue weighted by Gasteiger charge is 2.21. The standard InChI is InChI=1S/C26H22ClNO7/c1-32-23(29)15-21(26(31)33-2)28-20-13-19(27)14-22(35-25(30)18-11-7-4-8-12-18)24(20)34-16-17-9-5-3-6-10-17/h3-15,28H,16H2,1-2H3/b21-15+. The minimum absolute atomic E-state index is 0.00654. The molecule has 0 radical (unpaired) electrons. The highest BCUT2D eigenvalue weighted by Crippen LogP contribution is 2.40. The summed E-state index contributed by atoms with van der Waals surface area (Å²) in [7, 11) is 2.33. The molecule has 0 saturated heterocycles. The molecule has 8 nitrogen and oxygen atoms in total. The Labute approximate surface area is 207 Å². The lowest BCUT2D eigenvalue weighted by Crippen LogP contribution is -2.17. The Morgan fingerprint density at radius 3 is 2.20 bits per heavy atom. The number of anilines is 1. The maximum Gasteiger partial charge on any atom is 0.354 e. The largest absolute Gasteiger partial charge is 0.483 e. The van der Waals surface area contributed by atoms with Crippen LogP contribution in [0.3, 0.4) is 0 Å². The second-order valence-electron chi connectivity index (χ2n) is 7.01. The molecule has 0 amide bonds. The molecule has 0 aliphatic carbocycles. The van der Waals surface area contributed by atoms with Crippen molar-refractivity contribution in [2.24, 2.45) is 0 Å². The predicted molar refractivity (Wildman–Crippen MR) is 129 cm³/mol. The third-order valence-corrected chi connectivity index (χ3v) is 4.81. The van der Waals surface area contributed by atoms with E-state index in [2.05, 4.69) is 10.1 Å². The zero-order chi connectivity index (χ0) is 25.2. The molecule has 35 heavy (non-hydrogen) atoms. The van der Waals surface area contributed by atoms with Crippen molar-refractivity contribution >= 4 is 35.2 Å². The van der Waals surface area contributed by atoms with Crippen LogP contribution in [0.15, 0.2) is 84.6 Å². The van der Waals surface area contributed by atoms with Crippen molar-refractivity contribution in [2.75, 3.05) is 19.5 Å². The summed E-state index contributed by atoms with van der Waals surface area (Å²) in [5.41, 5.74) is 1.07. The maximum atomic E-state index is 12.7. The van der Waals surface area contributed by atoms with Gasteiger partial charge < -0.3 is 24.3 Å². The molecule has 1 N–H and O–H groups in total. The van der Waals surface area contributed by atoms with Gasteiger partial charge in [-0.05, 0) is 23.8 Å². The van der Waals surface area contributed by atoms with Gasteiger partial charge in [0.25, 0.3) is 0 Å². The van der Waals surface area contributed by atoms with E-state index in [1.54, 1.807) is 30.3 Å². The number of hydrogen-bond donors (Lipinski definition) is 1. The van der Waals surface area contributed by atoms with Gasteiger partial charge in [-0.3, -0.25) is 0 Å². The fourth-order valence-electron chi connectivity index (χ4n) is 2.93. The van der Waals surface area contributed by atoms with Crippen LogP contribution in [-0.2, 0) is 25.7 Å². The molecule has 0 spiro atoms. The Kier molecular flexibility index (Phi) is 8.86. The van der Waals surface area contributed by atoms with E-state index in [1.165, 1.54) is 19.2 Å². The number of nitrogens with one attached hydrogen (secondary N) is 1. The Morgan fingerprint density at radius 2 is 1.57 bits per heavy atom. The van der Waals surface area contributed by atoms with E-state index < -0.39 is 17.9 Å². The van der Waals surface area contributed by atoms with Gasteiger partial charge in [0.1, 0.15) is 12.3 Å². The lowest BCUT2D eigenvalue weighted by Gasteiger charge is -2.18. The highest BCUT2D eigenvalue weighted by atomic mass is 35.5. The minimum Gasteiger partial charge on any atom is -0.483 e. The molecule has 0 aliphatic rings. The van der Waals surface area contributed by atoms with Gasteiger partial charge in [-0.25, -0.2) is 14.4 Å². The number of rotatable bonds is 9. The van der Waals surface area contributed by atoms with Gasteiger partial charge in [0.15, 0.2) is 11.5 Å². The molecule has 0 unspecified atom stereocenters. The van der Waals surface area contributed by atoms with Crippen molar-refractivity contribution in [2.45, 2.75) is 6.61 Å². The summed E-state index contributed by atoms with van der Waals surface area (Å²) in [5, 5.41) is 2.96. The number of benzene rings is 3. The molecular weight excluding hydrogens is 474 g/mol. The van der Waals surface area contributed by atoms with Crippen LogP contribution in [0, 0.1) is 0 Å². The number of hydrogen-bond acceptors (Lipinski definition) is 8. The van der Waals surface area contributed by atoms with Gasteiger partial charge in [-0.2, -0.15) is 0 Å². The van der Waals surface area contributed by atoms with Crippen LogP contribution < -0.4 is 14.8 Å². The van der Waals surface area contributed by atoms with Crippen LogP contribution in [0.2, 0.25) is 5.02 Å². The van der Waals surface area contributed by atoms with E-state index in [0.717, 1.165) is 18.7 Å². The Bertz CT molecular complexity index is 1230. The third kappa shape index (κ3) is 7.09. The highest BCUT2D eigenvalue weighted by molar-refractivity contribution is 6.31. The first kappa shape index (κ1) is 25.3. The van der Waals surface area contributed by atoms with Crippen molar-refractivity contribution in [1.82, 2.24) is 0 Å². The van der Waals surface area contributed by atoms with Crippen LogP contribution in [0.25, 0.3) is 0 Å². The normalized spacial score (nSPS) is 10.8. The zero-order valence-electron chi connectivity index (χ0n) is 18.9. The van der Waals surface area contributed by atoms with Gasteiger partial charge >= 0.3 is 17.9 Å². The number of halogens is 1. The Balaban J connectivity index is 2.03. The summed E-state index contributed by atoms with van der Waals surface area (Å²) in [4.78, 5) is 36.8. The van der Waals surface area contributed by atoms with Gasteiger partial charge in [-0.1, -0.05) is 60.1 Å². The van der Waals surface area contributed by atoms with E-state index in [0.29, 0.717) is 5.56 Å². The smallest absolute Gasteiger partial charge is 0.354 e. The first-order valence-electron chi connectivity index (χ1n) is 10.3. The molecule has 0 bridgehead atoms. The quantitative estimate of drug-likeness (QED) is 0.257. The molecule has 0 heterocycles. The third-order valence-electron chi connectivity index (χ3n) is 4.60. The van der Waals surface area contributed by atoms with Gasteiger partial charge in [-0.15, -0.1) is 0 Å². The summed E-state index contributed by atoms with van der Waals surface area (Å²) < 4.78 is 20.9. The Morgan fingerprint density at radius 1 is 0.914 bits per heavy atom. The van der Waals surface area contributed by atoms with Crippen LogP contribution >= 0.6 is 11.6 Å². The molecule has 3 aromatic carbocycles. The second kappa shape index (κ2) is 12.2. The monoisotopic (exact) mass is 495 g/mol. The number of carbonyl (C=O) groups excluding carboxylic acids is 3. The summed E-state index contributed by atoms with van der Waals surface area (Å²) in [6, 6.07) is 20.5. The second-order valence-corrected chi connectivity index (χ2v) is 7.44.